The van der Waals surface area contributed by atoms with Crippen molar-refractivity contribution < 1.29 is 9.59 Å². The zero-order chi connectivity index (χ0) is 14.6. The van der Waals surface area contributed by atoms with E-state index < -0.39 is 16.9 Å². The van der Waals surface area contributed by atoms with Crippen molar-refractivity contribution in [3.8, 4) is 0 Å². The number of aliphatic imine (C=N–C) groups is 2. The van der Waals surface area contributed by atoms with Crippen molar-refractivity contribution in [2.75, 3.05) is 21.1 Å². The molecule has 1 aliphatic carbocycles. The second kappa shape index (κ2) is 5.74. The lowest BCUT2D eigenvalue weighted by Gasteiger charge is -2.50. The minimum Gasteiger partial charge on any atom is -0.302 e. The maximum atomic E-state index is 10.7. The van der Waals surface area contributed by atoms with Crippen molar-refractivity contribution in [3.05, 3.63) is 0 Å². The van der Waals surface area contributed by atoms with Crippen LogP contribution in [0.15, 0.2) is 9.98 Å². The largest absolute Gasteiger partial charge is 0.302 e. The maximum Gasteiger partial charge on any atom is 0.236 e. The first-order valence-electron chi connectivity index (χ1n) is 6.17. The van der Waals surface area contributed by atoms with E-state index in [0.717, 1.165) is 0 Å². The van der Waals surface area contributed by atoms with E-state index in [0.29, 0.717) is 19.3 Å². The van der Waals surface area contributed by atoms with Gasteiger partial charge >= 0.3 is 0 Å². The minimum absolute atomic E-state index is 0.437. The predicted octanol–water partition coefficient (Wildman–Crippen LogP) is -0.349. The molecule has 1 aliphatic rings. The van der Waals surface area contributed by atoms with Crippen LogP contribution in [0.4, 0.5) is 0 Å². The van der Waals surface area contributed by atoms with Gasteiger partial charge in [0.2, 0.25) is 12.2 Å². The molecule has 0 aromatic rings. The molecule has 106 valence electrons. The van der Waals surface area contributed by atoms with E-state index in [4.69, 9.17) is 0 Å². The van der Waals surface area contributed by atoms with Crippen LogP contribution in [0.25, 0.3) is 0 Å². The van der Waals surface area contributed by atoms with Crippen LogP contribution in [-0.4, -0.2) is 50.2 Å². The average molecular weight is 267 g/mol. The molecule has 0 saturated heterocycles. The molecule has 1 rings (SSSR count). The number of hydrogen-bond acceptors (Lipinski definition) is 7. The molecular weight excluding hydrogens is 246 g/mol. The van der Waals surface area contributed by atoms with Gasteiger partial charge in [-0.2, -0.15) is 9.98 Å². The summed E-state index contributed by atoms with van der Waals surface area (Å²) in [7, 11) is 5.36. The second-order valence-corrected chi connectivity index (χ2v) is 5.30. The van der Waals surface area contributed by atoms with E-state index in [-0.39, 0.29) is 0 Å². The van der Waals surface area contributed by atoms with Gasteiger partial charge in [0.1, 0.15) is 5.66 Å². The van der Waals surface area contributed by atoms with Crippen molar-refractivity contribution in [1.82, 2.24) is 16.0 Å². The minimum atomic E-state index is -0.804. The van der Waals surface area contributed by atoms with Gasteiger partial charge in [-0.25, -0.2) is 9.59 Å². The lowest BCUT2D eigenvalue weighted by atomic mass is 9.71. The molecule has 2 unspecified atom stereocenters. The Balaban J connectivity index is 3.29. The van der Waals surface area contributed by atoms with Crippen molar-refractivity contribution in [2.24, 2.45) is 9.98 Å². The molecule has 7 heteroatoms. The van der Waals surface area contributed by atoms with Gasteiger partial charge in [0.05, 0.1) is 11.2 Å². The second-order valence-electron chi connectivity index (χ2n) is 5.30. The summed E-state index contributed by atoms with van der Waals surface area (Å²) in [4.78, 5) is 29.2. The summed E-state index contributed by atoms with van der Waals surface area (Å²) >= 11 is 0. The Hall–Kier alpha value is -1.36. The molecule has 0 aromatic heterocycles. The Kier molecular flexibility index (Phi) is 4.74. The summed E-state index contributed by atoms with van der Waals surface area (Å²) in [6, 6.07) is 0. The van der Waals surface area contributed by atoms with E-state index >= 15 is 0 Å². The predicted molar refractivity (Wildman–Crippen MR) is 71.1 cm³/mol. The molecule has 1 fully saturated rings. The molecule has 19 heavy (non-hydrogen) atoms. The third-order valence-corrected chi connectivity index (χ3v) is 3.95. The molecule has 0 amide bonds. The first-order valence-corrected chi connectivity index (χ1v) is 6.17. The molecule has 0 bridgehead atoms. The van der Waals surface area contributed by atoms with Crippen LogP contribution in [0.3, 0.4) is 0 Å². The number of isocyanates is 2. The molecule has 0 radical (unpaired) electrons. The van der Waals surface area contributed by atoms with Gasteiger partial charge in [0.15, 0.2) is 0 Å². The lowest BCUT2D eigenvalue weighted by Crippen LogP contribution is -2.68. The zero-order valence-electron chi connectivity index (χ0n) is 11.8. The van der Waals surface area contributed by atoms with Gasteiger partial charge in [0.25, 0.3) is 0 Å². The number of nitrogens with zero attached hydrogens (tertiary/aromatic N) is 2. The van der Waals surface area contributed by atoms with Crippen LogP contribution in [0.1, 0.15) is 26.2 Å². The number of hydrogen-bond donors (Lipinski definition) is 3. The fourth-order valence-electron chi connectivity index (χ4n) is 3.03. The maximum absolute atomic E-state index is 10.7. The molecule has 1 saturated carbocycles. The van der Waals surface area contributed by atoms with Gasteiger partial charge < -0.3 is 10.6 Å². The van der Waals surface area contributed by atoms with Crippen molar-refractivity contribution in [2.45, 2.75) is 43.1 Å². The van der Waals surface area contributed by atoms with Crippen molar-refractivity contribution >= 4 is 12.2 Å². The number of nitrogens with one attached hydrogen (secondary N) is 3. The lowest BCUT2D eigenvalue weighted by molar-refractivity contribution is 0.0685. The first kappa shape index (κ1) is 15.7. The third kappa shape index (κ3) is 3.15. The summed E-state index contributed by atoms with van der Waals surface area (Å²) in [5.41, 5.74) is -1.94. The molecule has 2 atom stereocenters. The molecule has 0 spiro atoms. The van der Waals surface area contributed by atoms with Crippen molar-refractivity contribution in [1.29, 1.82) is 0 Å². The summed E-state index contributed by atoms with van der Waals surface area (Å²) in [6.07, 6.45) is 4.81. The van der Waals surface area contributed by atoms with Gasteiger partial charge in [-0.15, -0.1) is 0 Å². The standard InChI is InChI=1S/C12H21N5O2/c1-10(16-8-18)5-11(13-2,14-3)7-12(6-10,15-4)17-9-19/h13-15H,5-7H2,1-4H3. The van der Waals surface area contributed by atoms with E-state index in [1.165, 1.54) is 0 Å². The summed E-state index contributed by atoms with van der Waals surface area (Å²) in [5, 5.41) is 9.45. The number of rotatable bonds is 5. The highest BCUT2D eigenvalue weighted by atomic mass is 16.1. The molecule has 0 aliphatic heterocycles. The third-order valence-electron chi connectivity index (χ3n) is 3.95. The van der Waals surface area contributed by atoms with Gasteiger partial charge in [-0.1, -0.05) is 0 Å². The fraction of sp³-hybridized carbons (Fsp3) is 0.833. The Morgan fingerprint density at radius 1 is 0.895 bits per heavy atom. The van der Waals surface area contributed by atoms with Gasteiger partial charge in [-0.3, -0.25) is 5.32 Å². The fourth-order valence-corrected chi connectivity index (χ4v) is 3.03. The van der Waals surface area contributed by atoms with E-state index in [1.54, 1.807) is 19.2 Å². The van der Waals surface area contributed by atoms with E-state index in [2.05, 4.69) is 25.9 Å². The highest BCUT2D eigenvalue weighted by Crippen LogP contribution is 2.42. The van der Waals surface area contributed by atoms with Crippen molar-refractivity contribution in [3.63, 3.8) is 0 Å². The topological polar surface area (TPSA) is 95.0 Å². The zero-order valence-corrected chi connectivity index (χ0v) is 11.8. The molecule has 0 heterocycles. The summed E-state index contributed by atoms with van der Waals surface area (Å²) < 4.78 is 0. The smallest absolute Gasteiger partial charge is 0.236 e. The first-order chi connectivity index (χ1) is 8.92. The highest BCUT2D eigenvalue weighted by molar-refractivity contribution is 5.37. The van der Waals surface area contributed by atoms with Crippen LogP contribution in [0.2, 0.25) is 0 Å². The Morgan fingerprint density at radius 2 is 1.47 bits per heavy atom. The normalized spacial score (nSPS) is 33.1. The Morgan fingerprint density at radius 3 is 1.89 bits per heavy atom. The summed E-state index contributed by atoms with van der Waals surface area (Å²) in [5.74, 6) is 0. The monoisotopic (exact) mass is 267 g/mol. The quantitative estimate of drug-likeness (QED) is 0.359. The van der Waals surface area contributed by atoms with Gasteiger partial charge in [0, 0.05) is 19.3 Å². The van der Waals surface area contributed by atoms with Crippen LogP contribution >= 0.6 is 0 Å². The Bertz CT molecular complexity index is 424. The van der Waals surface area contributed by atoms with Crippen LogP contribution in [0.5, 0.6) is 0 Å². The molecule has 0 aromatic carbocycles. The average Bonchev–Trinajstić information content (AvgIpc) is 2.38. The molecule has 7 nitrogen and oxygen atoms in total. The Labute approximate surface area is 113 Å². The number of carbonyl (C=O) groups excluding carboxylic acids is 2. The van der Waals surface area contributed by atoms with Crippen LogP contribution in [-0.2, 0) is 9.59 Å². The summed E-state index contributed by atoms with van der Waals surface area (Å²) in [6.45, 7) is 1.85. The van der Waals surface area contributed by atoms with E-state index in [9.17, 15) is 9.59 Å². The van der Waals surface area contributed by atoms with E-state index in [1.807, 2.05) is 21.0 Å². The molecular formula is C12H21N5O2. The van der Waals surface area contributed by atoms with Crippen LogP contribution in [0, 0.1) is 0 Å². The molecule has 3 N–H and O–H groups in total. The van der Waals surface area contributed by atoms with Gasteiger partial charge in [-0.05, 0) is 28.1 Å². The van der Waals surface area contributed by atoms with Crippen LogP contribution < -0.4 is 16.0 Å². The highest BCUT2D eigenvalue weighted by Gasteiger charge is 2.52. The SMILES string of the molecule is CNC1(N=C=O)CC(C)(N=C=O)CC(NC)(NC)C1.